The summed E-state index contributed by atoms with van der Waals surface area (Å²) in [6, 6.07) is 8.78. The zero-order valence-corrected chi connectivity index (χ0v) is 20.6. The molecule has 3 aromatic rings. The van der Waals surface area contributed by atoms with Crippen LogP contribution in [-0.2, 0) is 27.7 Å². The maximum Gasteiger partial charge on any atom is 0.339 e. The van der Waals surface area contributed by atoms with Gasteiger partial charge < -0.3 is 9.15 Å². The molecule has 0 saturated carbocycles. The summed E-state index contributed by atoms with van der Waals surface area (Å²) in [7, 11) is -3.94. The quantitative estimate of drug-likeness (QED) is 0.320. The predicted octanol–water partition coefficient (Wildman–Crippen LogP) is 4.20. The van der Waals surface area contributed by atoms with Crippen molar-refractivity contribution in [2.24, 2.45) is 5.92 Å². The summed E-state index contributed by atoms with van der Waals surface area (Å²) in [4.78, 5) is 25.8. The monoisotopic (exact) mass is 483 g/mol. The molecule has 7 nitrogen and oxygen atoms in total. The molecule has 1 aromatic heterocycles. The number of rotatable bonds is 6. The van der Waals surface area contributed by atoms with E-state index in [0.29, 0.717) is 29.4 Å². The topological polar surface area (TPSA) is 103 Å². The van der Waals surface area contributed by atoms with Crippen LogP contribution in [0.2, 0.25) is 0 Å². The first-order valence-corrected chi connectivity index (χ1v) is 12.9. The first-order chi connectivity index (χ1) is 16.1. The van der Waals surface area contributed by atoms with Crippen molar-refractivity contribution < 1.29 is 22.4 Å². The van der Waals surface area contributed by atoms with E-state index in [0.717, 1.165) is 29.5 Å². The Hall–Kier alpha value is -2.97. The van der Waals surface area contributed by atoms with Gasteiger partial charge in [0.25, 0.3) is 0 Å². The summed E-state index contributed by atoms with van der Waals surface area (Å²) >= 11 is 0. The largest absolute Gasteiger partial charge is 0.425 e. The lowest BCUT2D eigenvalue weighted by Crippen LogP contribution is -2.46. The Bertz CT molecular complexity index is 1400. The highest BCUT2D eigenvalue weighted by Crippen LogP contribution is 2.35. The number of fused-ring (bicyclic) bond motifs is 3. The van der Waals surface area contributed by atoms with Crippen molar-refractivity contribution >= 4 is 27.0 Å². The van der Waals surface area contributed by atoms with Crippen LogP contribution in [0.25, 0.3) is 11.0 Å². The van der Waals surface area contributed by atoms with Gasteiger partial charge in [-0.1, -0.05) is 31.5 Å². The Morgan fingerprint density at radius 2 is 1.65 bits per heavy atom. The van der Waals surface area contributed by atoms with E-state index in [1.54, 1.807) is 38.1 Å². The third kappa shape index (κ3) is 4.79. The van der Waals surface area contributed by atoms with Crippen molar-refractivity contribution in [1.82, 2.24) is 4.72 Å². The minimum atomic E-state index is -3.94. The molecule has 34 heavy (non-hydrogen) atoms. The normalized spacial score (nSPS) is 14.7. The second kappa shape index (κ2) is 9.35. The minimum Gasteiger partial charge on any atom is -0.425 e. The summed E-state index contributed by atoms with van der Waals surface area (Å²) in [6.07, 6.45) is 3.15. The smallest absolute Gasteiger partial charge is 0.339 e. The number of esters is 1. The average Bonchev–Trinajstić information content (AvgIpc) is 2.77. The molecule has 2 aromatic carbocycles. The van der Waals surface area contributed by atoms with E-state index < -0.39 is 22.0 Å². The van der Waals surface area contributed by atoms with Gasteiger partial charge in [0, 0.05) is 5.56 Å². The van der Waals surface area contributed by atoms with Gasteiger partial charge in [-0.2, -0.15) is 4.72 Å². The van der Waals surface area contributed by atoms with E-state index in [1.807, 2.05) is 13.8 Å². The number of nitrogens with one attached hydrogen (secondary N) is 1. The highest BCUT2D eigenvalue weighted by molar-refractivity contribution is 7.89. The minimum absolute atomic E-state index is 0.0772. The van der Waals surface area contributed by atoms with Crippen LogP contribution in [0.5, 0.6) is 5.75 Å². The Balaban J connectivity index is 1.71. The number of hydrogen-bond donors (Lipinski definition) is 1. The van der Waals surface area contributed by atoms with Crippen molar-refractivity contribution in [3.63, 3.8) is 0 Å². The highest BCUT2D eigenvalue weighted by Gasteiger charge is 2.31. The molecule has 0 amide bonds. The van der Waals surface area contributed by atoms with Gasteiger partial charge in [-0.05, 0) is 80.8 Å². The molecular weight excluding hydrogens is 454 g/mol. The number of hydrogen-bond acceptors (Lipinski definition) is 6. The van der Waals surface area contributed by atoms with E-state index in [1.165, 1.54) is 12.1 Å². The molecule has 0 spiro atoms. The van der Waals surface area contributed by atoms with Crippen LogP contribution in [-0.4, -0.2) is 20.4 Å². The van der Waals surface area contributed by atoms with Gasteiger partial charge in [0.2, 0.25) is 10.0 Å². The van der Waals surface area contributed by atoms with Crippen LogP contribution in [0, 0.1) is 19.8 Å². The third-order valence-electron chi connectivity index (χ3n) is 6.17. The van der Waals surface area contributed by atoms with Crippen LogP contribution in [0.4, 0.5) is 0 Å². The Kier molecular flexibility index (Phi) is 6.64. The molecule has 0 fully saturated rings. The van der Waals surface area contributed by atoms with Crippen molar-refractivity contribution in [3.8, 4) is 5.75 Å². The summed E-state index contributed by atoms with van der Waals surface area (Å²) in [5, 5.41) is 0.608. The summed E-state index contributed by atoms with van der Waals surface area (Å²) < 4.78 is 39.8. The van der Waals surface area contributed by atoms with Gasteiger partial charge in [-0.15, -0.1) is 0 Å². The molecular formula is C26H29NO6S. The second-order valence-corrected chi connectivity index (χ2v) is 11.0. The van der Waals surface area contributed by atoms with E-state index in [9.17, 15) is 18.0 Å². The molecule has 1 aliphatic rings. The first kappa shape index (κ1) is 24.2. The molecule has 1 heterocycles. The molecule has 180 valence electrons. The maximum absolute atomic E-state index is 13.3. The molecule has 0 radical (unpaired) electrons. The number of carbonyl (C=O) groups is 1. The molecule has 1 aliphatic carbocycles. The van der Waals surface area contributed by atoms with Gasteiger partial charge >= 0.3 is 11.6 Å². The lowest BCUT2D eigenvalue weighted by atomic mass is 9.90. The molecule has 8 heteroatoms. The van der Waals surface area contributed by atoms with E-state index >= 15 is 0 Å². The van der Waals surface area contributed by atoms with Gasteiger partial charge in [-0.3, -0.25) is 0 Å². The summed E-state index contributed by atoms with van der Waals surface area (Å²) in [5.74, 6) is -0.800. The Morgan fingerprint density at radius 3 is 2.29 bits per heavy atom. The molecule has 0 unspecified atom stereocenters. The van der Waals surface area contributed by atoms with E-state index in [-0.39, 0.29) is 22.2 Å². The van der Waals surface area contributed by atoms with E-state index in [4.69, 9.17) is 9.15 Å². The molecule has 1 atom stereocenters. The van der Waals surface area contributed by atoms with Crippen LogP contribution in [0.15, 0.2) is 50.5 Å². The number of sulfonamides is 1. The lowest BCUT2D eigenvalue weighted by Gasteiger charge is -2.22. The van der Waals surface area contributed by atoms with Gasteiger partial charge in [-0.25, -0.2) is 18.0 Å². The average molecular weight is 484 g/mol. The van der Waals surface area contributed by atoms with Crippen LogP contribution >= 0.6 is 0 Å². The van der Waals surface area contributed by atoms with Crippen molar-refractivity contribution in [1.29, 1.82) is 0 Å². The third-order valence-corrected chi connectivity index (χ3v) is 7.63. The molecule has 1 N–H and O–H groups in total. The summed E-state index contributed by atoms with van der Waals surface area (Å²) in [5.41, 5.74) is 3.18. The number of benzene rings is 2. The summed E-state index contributed by atoms with van der Waals surface area (Å²) in [6.45, 7) is 7.18. The zero-order valence-electron chi connectivity index (χ0n) is 19.8. The molecule has 4 rings (SSSR count). The number of carbonyl (C=O) groups excluding carboxylic acids is 1. The SMILES string of the molecule is Cc1ccc(S(=O)(=O)N[C@H](C(=O)Oc2cc(C)cc3oc(=O)c4c(c23)CCCC4)C(C)C)cc1. The fourth-order valence-corrected chi connectivity index (χ4v) is 5.66. The molecule has 0 saturated heterocycles. The molecule has 0 bridgehead atoms. The highest BCUT2D eigenvalue weighted by atomic mass is 32.2. The number of ether oxygens (including phenoxy) is 1. The van der Waals surface area contributed by atoms with Crippen molar-refractivity contribution in [2.75, 3.05) is 0 Å². The van der Waals surface area contributed by atoms with Crippen molar-refractivity contribution in [3.05, 3.63) is 69.1 Å². The predicted molar refractivity (Wildman–Crippen MR) is 130 cm³/mol. The zero-order chi connectivity index (χ0) is 24.6. The number of aryl methyl sites for hydroxylation is 3. The van der Waals surface area contributed by atoms with Gasteiger partial charge in [0.05, 0.1) is 10.3 Å². The van der Waals surface area contributed by atoms with Crippen LogP contribution in [0.3, 0.4) is 0 Å². The maximum atomic E-state index is 13.3. The Morgan fingerprint density at radius 1 is 1.00 bits per heavy atom. The van der Waals surface area contributed by atoms with Gasteiger partial charge in [0.1, 0.15) is 17.4 Å². The lowest BCUT2D eigenvalue weighted by molar-refractivity contribution is -0.137. The standard InChI is InChI=1S/C26H29NO6S/c1-15(2)24(27-34(30,31)18-11-9-16(3)10-12-18)26(29)33-22-14-17(4)13-21-23(22)19-7-5-6-8-20(19)25(28)32-21/h9-15,24,27H,5-8H2,1-4H3/t24-/m0/s1. The Labute approximate surface area is 199 Å². The van der Waals surface area contributed by atoms with Gasteiger partial charge in [0.15, 0.2) is 0 Å². The second-order valence-electron chi connectivity index (χ2n) is 9.27. The first-order valence-electron chi connectivity index (χ1n) is 11.5. The van der Waals surface area contributed by atoms with Crippen LogP contribution in [0.1, 0.15) is 48.9 Å². The fourth-order valence-electron chi connectivity index (χ4n) is 4.33. The fraction of sp³-hybridized carbons (Fsp3) is 0.385. The molecule has 0 aliphatic heterocycles. The van der Waals surface area contributed by atoms with E-state index in [2.05, 4.69) is 4.72 Å². The van der Waals surface area contributed by atoms with Crippen LogP contribution < -0.4 is 15.1 Å². The van der Waals surface area contributed by atoms with Crippen molar-refractivity contribution in [2.45, 2.75) is 64.3 Å².